The van der Waals surface area contributed by atoms with E-state index in [0.29, 0.717) is 16.8 Å². The van der Waals surface area contributed by atoms with Gasteiger partial charge in [0.1, 0.15) is 5.82 Å². The van der Waals surface area contributed by atoms with Crippen LogP contribution in [0.15, 0.2) is 47.4 Å². The van der Waals surface area contributed by atoms with Gasteiger partial charge in [-0.25, -0.2) is 12.8 Å². The van der Waals surface area contributed by atoms with Crippen LogP contribution in [0.3, 0.4) is 0 Å². The number of nitrogen functional groups attached to an aromatic ring is 1. The predicted molar refractivity (Wildman–Crippen MR) is 80.6 cm³/mol. The Morgan fingerprint density at radius 2 is 1.76 bits per heavy atom. The van der Waals surface area contributed by atoms with Crippen molar-refractivity contribution in [2.75, 3.05) is 12.8 Å². The molecule has 0 bridgehead atoms. The molecule has 0 heterocycles. The van der Waals surface area contributed by atoms with Crippen molar-refractivity contribution in [2.24, 2.45) is 0 Å². The number of nitrogens with zero attached hydrogens (tertiary/aromatic N) is 1. The van der Waals surface area contributed by atoms with Crippen molar-refractivity contribution < 1.29 is 12.8 Å². The van der Waals surface area contributed by atoms with Crippen LogP contribution in [0.4, 0.5) is 10.1 Å². The molecular formula is C15H17FN2O2S. The minimum atomic E-state index is -3.64. The first kappa shape index (κ1) is 15.5. The van der Waals surface area contributed by atoms with Gasteiger partial charge in [-0.3, -0.25) is 0 Å². The topological polar surface area (TPSA) is 63.4 Å². The highest BCUT2D eigenvalue weighted by Gasteiger charge is 2.23. The molecule has 2 rings (SSSR count). The van der Waals surface area contributed by atoms with Crippen molar-refractivity contribution in [3.8, 4) is 0 Å². The van der Waals surface area contributed by atoms with E-state index >= 15 is 0 Å². The highest BCUT2D eigenvalue weighted by atomic mass is 32.2. The second-order valence-corrected chi connectivity index (χ2v) is 6.93. The van der Waals surface area contributed by atoms with Gasteiger partial charge in [0.2, 0.25) is 10.0 Å². The third kappa shape index (κ3) is 3.40. The Labute approximate surface area is 124 Å². The molecule has 112 valence electrons. The van der Waals surface area contributed by atoms with Gasteiger partial charge >= 0.3 is 0 Å². The summed E-state index contributed by atoms with van der Waals surface area (Å²) in [6.07, 6.45) is 0. The van der Waals surface area contributed by atoms with Crippen LogP contribution in [0.5, 0.6) is 0 Å². The number of rotatable bonds is 4. The van der Waals surface area contributed by atoms with Crippen LogP contribution >= 0.6 is 0 Å². The van der Waals surface area contributed by atoms with Crippen molar-refractivity contribution in [1.82, 2.24) is 4.31 Å². The number of hydrogen-bond acceptors (Lipinski definition) is 3. The molecule has 2 aromatic carbocycles. The molecular weight excluding hydrogens is 291 g/mol. The molecule has 0 unspecified atom stereocenters. The van der Waals surface area contributed by atoms with Gasteiger partial charge in [-0.15, -0.1) is 0 Å². The molecule has 0 spiro atoms. The fourth-order valence-electron chi connectivity index (χ4n) is 1.99. The molecule has 4 nitrogen and oxygen atoms in total. The monoisotopic (exact) mass is 308 g/mol. The number of anilines is 1. The van der Waals surface area contributed by atoms with Crippen molar-refractivity contribution in [3.05, 3.63) is 59.4 Å². The first-order valence-electron chi connectivity index (χ1n) is 6.37. The molecule has 0 fully saturated rings. The summed E-state index contributed by atoms with van der Waals surface area (Å²) in [7, 11) is -2.15. The van der Waals surface area contributed by atoms with E-state index in [9.17, 15) is 12.8 Å². The Kier molecular flexibility index (Phi) is 4.29. The summed E-state index contributed by atoms with van der Waals surface area (Å²) in [4.78, 5) is 0.187. The molecule has 2 aromatic rings. The molecule has 0 atom stereocenters. The molecule has 0 saturated carbocycles. The SMILES string of the molecule is Cc1ccc(N)cc1S(=O)(=O)N(C)Cc1ccc(F)cc1. The Morgan fingerprint density at radius 1 is 1.14 bits per heavy atom. The zero-order chi connectivity index (χ0) is 15.6. The molecule has 0 radical (unpaired) electrons. The summed E-state index contributed by atoms with van der Waals surface area (Å²) in [6, 6.07) is 10.5. The average Bonchev–Trinajstić information content (AvgIpc) is 2.43. The molecule has 0 aliphatic rings. The number of sulfonamides is 1. The molecule has 0 saturated heterocycles. The second-order valence-electron chi connectivity index (χ2n) is 4.91. The minimum absolute atomic E-state index is 0.164. The smallest absolute Gasteiger partial charge is 0.243 e. The van der Waals surface area contributed by atoms with Gasteiger partial charge in [-0.2, -0.15) is 4.31 Å². The fraction of sp³-hybridized carbons (Fsp3) is 0.200. The lowest BCUT2D eigenvalue weighted by atomic mass is 10.2. The van der Waals surface area contributed by atoms with E-state index in [1.54, 1.807) is 31.2 Å². The maximum atomic E-state index is 12.9. The maximum Gasteiger partial charge on any atom is 0.243 e. The first-order valence-corrected chi connectivity index (χ1v) is 7.81. The third-order valence-electron chi connectivity index (χ3n) is 3.22. The molecule has 2 N–H and O–H groups in total. The summed E-state index contributed by atoms with van der Waals surface area (Å²) in [5.41, 5.74) is 7.41. The van der Waals surface area contributed by atoms with Gasteiger partial charge in [-0.05, 0) is 42.3 Å². The Bertz CT molecular complexity index is 743. The molecule has 21 heavy (non-hydrogen) atoms. The Hall–Kier alpha value is -1.92. The number of nitrogens with two attached hydrogens (primary N) is 1. The Morgan fingerprint density at radius 3 is 2.38 bits per heavy atom. The van der Waals surface area contributed by atoms with E-state index in [2.05, 4.69) is 0 Å². The van der Waals surface area contributed by atoms with Crippen LogP contribution in [0.2, 0.25) is 0 Å². The standard InChI is InChI=1S/C15H17FN2O2S/c1-11-3-8-14(17)9-15(11)21(19,20)18(2)10-12-4-6-13(16)7-5-12/h3-9H,10,17H2,1-2H3. The van der Waals surface area contributed by atoms with E-state index in [0.717, 1.165) is 0 Å². The van der Waals surface area contributed by atoms with Gasteiger partial charge in [0, 0.05) is 19.3 Å². The largest absolute Gasteiger partial charge is 0.399 e. The van der Waals surface area contributed by atoms with Gasteiger partial charge in [-0.1, -0.05) is 18.2 Å². The van der Waals surface area contributed by atoms with Crippen LogP contribution in [0, 0.1) is 12.7 Å². The quantitative estimate of drug-likeness (QED) is 0.883. The van der Waals surface area contributed by atoms with Crippen LogP contribution < -0.4 is 5.73 Å². The van der Waals surface area contributed by atoms with Crippen molar-refractivity contribution in [1.29, 1.82) is 0 Å². The van der Waals surface area contributed by atoms with Crippen LogP contribution in [-0.2, 0) is 16.6 Å². The number of hydrogen-bond donors (Lipinski definition) is 1. The van der Waals surface area contributed by atoms with E-state index in [1.807, 2.05) is 0 Å². The summed E-state index contributed by atoms with van der Waals surface area (Å²) in [6.45, 7) is 1.88. The number of benzene rings is 2. The van der Waals surface area contributed by atoms with E-state index in [4.69, 9.17) is 5.73 Å². The number of aryl methyl sites for hydroxylation is 1. The van der Waals surface area contributed by atoms with E-state index in [-0.39, 0.29) is 17.3 Å². The van der Waals surface area contributed by atoms with Crippen molar-refractivity contribution in [2.45, 2.75) is 18.4 Å². The lowest BCUT2D eigenvalue weighted by molar-refractivity contribution is 0.466. The molecule has 0 aliphatic heterocycles. The van der Waals surface area contributed by atoms with E-state index < -0.39 is 10.0 Å². The van der Waals surface area contributed by atoms with Crippen molar-refractivity contribution >= 4 is 15.7 Å². The first-order chi connectivity index (χ1) is 9.80. The minimum Gasteiger partial charge on any atom is -0.399 e. The summed E-state index contributed by atoms with van der Waals surface area (Å²) in [5.74, 6) is -0.351. The average molecular weight is 308 g/mol. The molecule has 0 aliphatic carbocycles. The maximum absolute atomic E-state index is 12.9. The predicted octanol–water partition coefficient (Wildman–Crippen LogP) is 2.54. The Balaban J connectivity index is 2.30. The lowest BCUT2D eigenvalue weighted by Gasteiger charge is -2.19. The highest BCUT2D eigenvalue weighted by molar-refractivity contribution is 7.89. The normalized spacial score (nSPS) is 11.8. The third-order valence-corrected chi connectivity index (χ3v) is 5.16. The van der Waals surface area contributed by atoms with E-state index in [1.165, 1.54) is 29.6 Å². The molecule has 0 aromatic heterocycles. The zero-order valence-corrected chi connectivity index (χ0v) is 12.7. The summed E-state index contributed by atoms with van der Waals surface area (Å²) < 4.78 is 39.2. The second kappa shape index (κ2) is 5.83. The van der Waals surface area contributed by atoms with Crippen LogP contribution in [-0.4, -0.2) is 19.8 Å². The lowest BCUT2D eigenvalue weighted by Crippen LogP contribution is -2.27. The van der Waals surface area contributed by atoms with Gasteiger partial charge in [0.05, 0.1) is 4.90 Å². The van der Waals surface area contributed by atoms with Crippen LogP contribution in [0.25, 0.3) is 0 Å². The molecule has 6 heteroatoms. The van der Waals surface area contributed by atoms with Crippen LogP contribution in [0.1, 0.15) is 11.1 Å². The highest BCUT2D eigenvalue weighted by Crippen LogP contribution is 2.22. The molecule has 0 amide bonds. The fourth-order valence-corrected chi connectivity index (χ4v) is 3.41. The van der Waals surface area contributed by atoms with Gasteiger partial charge < -0.3 is 5.73 Å². The summed E-state index contributed by atoms with van der Waals surface area (Å²) >= 11 is 0. The van der Waals surface area contributed by atoms with Crippen molar-refractivity contribution in [3.63, 3.8) is 0 Å². The van der Waals surface area contributed by atoms with Gasteiger partial charge in [0.15, 0.2) is 0 Å². The summed E-state index contributed by atoms with van der Waals surface area (Å²) in [5, 5.41) is 0. The van der Waals surface area contributed by atoms with Gasteiger partial charge in [0.25, 0.3) is 0 Å². The zero-order valence-electron chi connectivity index (χ0n) is 11.9. The number of halogens is 1.